The number of hydrogen-bond donors (Lipinski definition) is 1. The van der Waals surface area contributed by atoms with Gasteiger partial charge < -0.3 is 4.74 Å². The summed E-state index contributed by atoms with van der Waals surface area (Å²) >= 11 is 0. The molecule has 1 unspecified atom stereocenters. The second kappa shape index (κ2) is 4.62. The number of likely N-dealkylation sites (tertiary alicyclic amines) is 1. The van der Waals surface area contributed by atoms with Crippen molar-refractivity contribution < 1.29 is 4.74 Å². The molecule has 2 aliphatic heterocycles. The first-order valence-electron chi connectivity index (χ1n) is 7.67. The van der Waals surface area contributed by atoms with E-state index in [2.05, 4.69) is 22.4 Å². The number of morpholine rings is 1. The fourth-order valence-corrected chi connectivity index (χ4v) is 4.34. The van der Waals surface area contributed by atoms with Crippen LogP contribution in [0.1, 0.15) is 32.1 Å². The molecule has 18 heavy (non-hydrogen) atoms. The summed E-state index contributed by atoms with van der Waals surface area (Å²) in [5.74, 6) is 1.80. The molecule has 0 amide bonds. The topological polar surface area (TPSA) is 24.5 Å². The Morgan fingerprint density at radius 2 is 1.83 bits per heavy atom. The first kappa shape index (κ1) is 11.4. The summed E-state index contributed by atoms with van der Waals surface area (Å²) in [6, 6.07) is 0.629. The Bertz CT molecular complexity index is 327. The molecule has 2 heterocycles. The van der Waals surface area contributed by atoms with Gasteiger partial charge in [0, 0.05) is 19.1 Å². The van der Waals surface area contributed by atoms with Gasteiger partial charge in [0.1, 0.15) is 0 Å². The third-order valence-corrected chi connectivity index (χ3v) is 5.42. The molecule has 3 nitrogen and oxygen atoms in total. The van der Waals surface area contributed by atoms with E-state index in [0.717, 1.165) is 18.4 Å². The fourth-order valence-electron chi connectivity index (χ4n) is 4.34. The van der Waals surface area contributed by atoms with Crippen LogP contribution >= 0.6 is 0 Å². The number of fused-ring (bicyclic) bond motifs is 2. The lowest BCUT2D eigenvalue weighted by Gasteiger charge is -2.38. The van der Waals surface area contributed by atoms with Crippen LogP contribution in [0.5, 0.6) is 0 Å². The number of rotatable bonds is 1. The van der Waals surface area contributed by atoms with Crippen molar-refractivity contribution in [3.63, 3.8) is 0 Å². The zero-order valence-electron chi connectivity index (χ0n) is 11.1. The molecule has 3 heteroatoms. The van der Waals surface area contributed by atoms with E-state index in [1.54, 1.807) is 0 Å². The predicted octanol–water partition coefficient (Wildman–Crippen LogP) is 1.75. The van der Waals surface area contributed by atoms with Gasteiger partial charge in [-0.15, -0.1) is 0 Å². The minimum absolute atomic E-state index is 0.481. The van der Waals surface area contributed by atoms with E-state index in [-0.39, 0.29) is 0 Å². The Balaban J connectivity index is 1.40. The van der Waals surface area contributed by atoms with Gasteiger partial charge >= 0.3 is 0 Å². The van der Waals surface area contributed by atoms with E-state index in [1.165, 1.54) is 45.2 Å². The summed E-state index contributed by atoms with van der Waals surface area (Å²) in [7, 11) is 0. The third kappa shape index (κ3) is 1.93. The fraction of sp³-hybridized carbons (Fsp3) is 0.867. The molecule has 0 aromatic heterocycles. The van der Waals surface area contributed by atoms with Gasteiger partial charge in [0.15, 0.2) is 0 Å². The Labute approximate surface area is 110 Å². The van der Waals surface area contributed by atoms with E-state index < -0.39 is 0 Å². The largest absolute Gasteiger partial charge is 0.374 e. The summed E-state index contributed by atoms with van der Waals surface area (Å²) in [5, 5.41) is 3.85. The molecule has 0 radical (unpaired) electrons. The number of nitrogens with zero attached hydrogens (tertiary/aromatic N) is 1. The average Bonchev–Trinajstić information content (AvgIpc) is 3.04. The van der Waals surface area contributed by atoms with Gasteiger partial charge in [-0.25, -0.2) is 0 Å². The molecule has 1 saturated carbocycles. The lowest BCUT2D eigenvalue weighted by atomic mass is 9.86. The molecule has 0 spiro atoms. The van der Waals surface area contributed by atoms with Crippen molar-refractivity contribution in [1.29, 1.82) is 0 Å². The van der Waals surface area contributed by atoms with Crippen molar-refractivity contribution in [3.05, 3.63) is 12.2 Å². The lowest BCUT2D eigenvalue weighted by molar-refractivity contribution is -0.0527. The maximum atomic E-state index is 6.06. The molecule has 100 valence electrons. The standard InChI is InChI=1S/C15H24N2O/c1-2-5-12-9-17(8-11(12)4-1)15-10-18-14-7-3-6-13(14)16-15/h1-2,11-16H,3-10H2/t11-,12+,13-,14+,15?/m1/s1. The van der Waals surface area contributed by atoms with Gasteiger partial charge in [-0.1, -0.05) is 12.2 Å². The van der Waals surface area contributed by atoms with Gasteiger partial charge in [-0.05, 0) is 43.9 Å². The molecule has 2 aliphatic carbocycles. The smallest absolute Gasteiger partial charge is 0.0841 e. The highest BCUT2D eigenvalue weighted by Gasteiger charge is 2.41. The van der Waals surface area contributed by atoms with Crippen LogP contribution in [0.3, 0.4) is 0 Å². The minimum atomic E-state index is 0.481. The zero-order valence-corrected chi connectivity index (χ0v) is 11.1. The zero-order chi connectivity index (χ0) is 11.9. The van der Waals surface area contributed by atoms with E-state index >= 15 is 0 Å². The normalized spacial score (nSPS) is 48.1. The second-order valence-corrected chi connectivity index (χ2v) is 6.51. The summed E-state index contributed by atoms with van der Waals surface area (Å²) < 4.78 is 6.06. The highest BCUT2D eigenvalue weighted by Crippen LogP contribution is 2.35. The van der Waals surface area contributed by atoms with Crippen LogP contribution in [-0.2, 0) is 4.74 Å². The molecule has 1 N–H and O–H groups in total. The van der Waals surface area contributed by atoms with Crippen LogP contribution in [0.2, 0.25) is 0 Å². The maximum Gasteiger partial charge on any atom is 0.0841 e. The SMILES string of the molecule is C1=CC[C@H]2CN(C3CO[C@H]4CCC[C@H]4N3)C[C@H]2C1. The Kier molecular flexibility index (Phi) is 2.94. The van der Waals surface area contributed by atoms with Gasteiger partial charge in [0.05, 0.1) is 18.9 Å². The molecule has 4 rings (SSSR count). The summed E-state index contributed by atoms with van der Waals surface area (Å²) in [6.45, 7) is 3.44. The Morgan fingerprint density at radius 3 is 2.61 bits per heavy atom. The van der Waals surface area contributed by atoms with Gasteiger partial charge in [-0.3, -0.25) is 10.2 Å². The van der Waals surface area contributed by atoms with Crippen molar-refractivity contribution in [2.24, 2.45) is 11.8 Å². The molecular weight excluding hydrogens is 224 g/mol. The molecule has 0 aromatic carbocycles. The van der Waals surface area contributed by atoms with E-state index in [1.807, 2.05) is 0 Å². The monoisotopic (exact) mass is 248 g/mol. The van der Waals surface area contributed by atoms with Crippen LogP contribution in [0.4, 0.5) is 0 Å². The van der Waals surface area contributed by atoms with E-state index in [4.69, 9.17) is 4.74 Å². The molecular formula is C15H24N2O. The average molecular weight is 248 g/mol. The maximum absolute atomic E-state index is 6.06. The van der Waals surface area contributed by atoms with Crippen LogP contribution < -0.4 is 5.32 Å². The minimum Gasteiger partial charge on any atom is -0.374 e. The van der Waals surface area contributed by atoms with Gasteiger partial charge in [0.2, 0.25) is 0 Å². The summed E-state index contributed by atoms with van der Waals surface area (Å²) in [5.41, 5.74) is 0. The lowest BCUT2D eigenvalue weighted by Crippen LogP contribution is -2.58. The van der Waals surface area contributed by atoms with E-state index in [9.17, 15) is 0 Å². The number of hydrogen-bond acceptors (Lipinski definition) is 3. The molecule has 2 saturated heterocycles. The predicted molar refractivity (Wildman–Crippen MR) is 71.2 cm³/mol. The first-order valence-corrected chi connectivity index (χ1v) is 7.67. The van der Waals surface area contributed by atoms with Crippen molar-refractivity contribution in [2.75, 3.05) is 19.7 Å². The van der Waals surface area contributed by atoms with E-state index in [0.29, 0.717) is 18.3 Å². The summed E-state index contributed by atoms with van der Waals surface area (Å²) in [4.78, 5) is 2.65. The molecule has 0 aromatic rings. The summed E-state index contributed by atoms with van der Waals surface area (Å²) in [6.07, 6.45) is 12.2. The number of nitrogens with one attached hydrogen (secondary N) is 1. The van der Waals surface area contributed by atoms with Gasteiger partial charge in [-0.2, -0.15) is 0 Å². The molecule has 5 atom stereocenters. The van der Waals surface area contributed by atoms with Crippen LogP contribution in [0, 0.1) is 11.8 Å². The third-order valence-electron chi connectivity index (χ3n) is 5.42. The van der Waals surface area contributed by atoms with Crippen LogP contribution in [0.25, 0.3) is 0 Å². The van der Waals surface area contributed by atoms with Crippen molar-refractivity contribution in [3.8, 4) is 0 Å². The molecule has 3 fully saturated rings. The Hall–Kier alpha value is -0.380. The second-order valence-electron chi connectivity index (χ2n) is 6.51. The molecule has 0 bridgehead atoms. The quantitative estimate of drug-likeness (QED) is 0.716. The van der Waals surface area contributed by atoms with Crippen LogP contribution in [-0.4, -0.2) is 42.9 Å². The highest BCUT2D eigenvalue weighted by molar-refractivity contribution is 5.01. The van der Waals surface area contributed by atoms with Gasteiger partial charge in [0.25, 0.3) is 0 Å². The number of allylic oxidation sites excluding steroid dienone is 2. The Morgan fingerprint density at radius 1 is 1.06 bits per heavy atom. The van der Waals surface area contributed by atoms with Crippen molar-refractivity contribution >= 4 is 0 Å². The highest BCUT2D eigenvalue weighted by atomic mass is 16.5. The first-order chi connectivity index (χ1) is 8.90. The number of ether oxygens (including phenoxy) is 1. The molecule has 4 aliphatic rings. The van der Waals surface area contributed by atoms with Crippen molar-refractivity contribution in [2.45, 2.75) is 50.4 Å². The van der Waals surface area contributed by atoms with Crippen LogP contribution in [0.15, 0.2) is 12.2 Å². The van der Waals surface area contributed by atoms with Crippen molar-refractivity contribution in [1.82, 2.24) is 10.2 Å².